The van der Waals surface area contributed by atoms with E-state index in [4.69, 9.17) is 4.42 Å². The largest absolute Gasteiger partial charge is 0.440 e. The van der Waals surface area contributed by atoms with Crippen LogP contribution in [0.15, 0.2) is 22.6 Å². The highest BCUT2D eigenvalue weighted by Crippen LogP contribution is 2.33. The molecule has 0 radical (unpaired) electrons. The van der Waals surface area contributed by atoms with E-state index in [1.54, 1.807) is 18.2 Å². The van der Waals surface area contributed by atoms with Gasteiger partial charge in [0.15, 0.2) is 11.5 Å². The molecule has 2 aromatic rings. The van der Waals surface area contributed by atoms with Crippen molar-refractivity contribution in [3.05, 3.63) is 29.7 Å². The minimum atomic E-state index is -3.33. The number of nitrogens with zero attached hydrogens (tertiary/aromatic N) is 2. The van der Waals surface area contributed by atoms with Gasteiger partial charge in [-0.05, 0) is 31.0 Å². The number of carbonyl (C=O) groups excluding carboxylic acids is 1. The monoisotopic (exact) mass is 379 g/mol. The molecule has 0 atom stereocenters. The normalized spacial score (nSPS) is 16.3. The van der Waals surface area contributed by atoms with Crippen molar-refractivity contribution >= 4 is 27.0 Å². The molecule has 26 heavy (non-hydrogen) atoms. The molecule has 1 aliphatic rings. The molecule has 1 fully saturated rings. The Labute approximate surface area is 153 Å². The van der Waals surface area contributed by atoms with Gasteiger partial charge < -0.3 is 9.73 Å². The summed E-state index contributed by atoms with van der Waals surface area (Å²) in [6.45, 7) is 0.0567. The second kappa shape index (κ2) is 7.75. The fraction of sp³-hybridized carbons (Fsp3) is 0.556. The van der Waals surface area contributed by atoms with Gasteiger partial charge in [0.25, 0.3) is 5.91 Å². The molecule has 0 bridgehead atoms. The Bertz CT molecular complexity index is 883. The number of amides is 1. The maximum absolute atomic E-state index is 12.3. The third-order valence-corrected chi connectivity index (χ3v) is 6.66. The summed E-state index contributed by atoms with van der Waals surface area (Å²) in [5, 5.41) is 2.64. The van der Waals surface area contributed by atoms with E-state index in [0.717, 1.165) is 28.6 Å². The Balaban J connectivity index is 1.67. The van der Waals surface area contributed by atoms with Gasteiger partial charge in [0.2, 0.25) is 10.0 Å². The summed E-state index contributed by atoms with van der Waals surface area (Å²) < 4.78 is 30.5. The number of oxazole rings is 1. The Morgan fingerprint density at radius 1 is 1.27 bits per heavy atom. The zero-order chi connectivity index (χ0) is 18.7. The van der Waals surface area contributed by atoms with Crippen molar-refractivity contribution in [2.75, 3.05) is 26.4 Å². The standard InChI is InChI=1S/C18H25N3O4S/c1-21(2)26(23,24)11-10-19-17(22)14-8-9-15-16(12-14)25-18(20-15)13-6-4-3-5-7-13/h8-9,12-13H,3-7,10-11H2,1-2H3,(H,19,22). The summed E-state index contributed by atoms with van der Waals surface area (Å²) in [4.78, 5) is 16.8. The van der Waals surface area contributed by atoms with Crippen LogP contribution in [0.2, 0.25) is 0 Å². The maximum Gasteiger partial charge on any atom is 0.251 e. The number of hydrogen-bond acceptors (Lipinski definition) is 5. The first-order valence-electron chi connectivity index (χ1n) is 8.96. The number of fused-ring (bicyclic) bond motifs is 1. The first-order valence-corrected chi connectivity index (χ1v) is 10.6. The van der Waals surface area contributed by atoms with Crippen molar-refractivity contribution in [2.24, 2.45) is 0 Å². The van der Waals surface area contributed by atoms with E-state index in [2.05, 4.69) is 10.3 Å². The first kappa shape index (κ1) is 18.8. The number of hydrogen-bond donors (Lipinski definition) is 1. The van der Waals surface area contributed by atoms with Crippen molar-refractivity contribution in [2.45, 2.75) is 38.0 Å². The number of benzene rings is 1. The smallest absolute Gasteiger partial charge is 0.251 e. The lowest BCUT2D eigenvalue weighted by molar-refractivity contribution is 0.0956. The number of sulfonamides is 1. The van der Waals surface area contributed by atoms with Gasteiger partial charge in [0, 0.05) is 32.1 Å². The lowest BCUT2D eigenvalue weighted by Gasteiger charge is -2.17. The van der Waals surface area contributed by atoms with Crippen LogP contribution in [0.25, 0.3) is 11.1 Å². The average Bonchev–Trinajstić information content (AvgIpc) is 3.05. The van der Waals surface area contributed by atoms with Gasteiger partial charge in [-0.25, -0.2) is 17.7 Å². The third kappa shape index (κ3) is 4.24. The van der Waals surface area contributed by atoms with E-state index in [0.29, 0.717) is 17.1 Å². The summed E-state index contributed by atoms with van der Waals surface area (Å²) in [5.41, 5.74) is 1.78. The average molecular weight is 379 g/mol. The van der Waals surface area contributed by atoms with Crippen molar-refractivity contribution in [3.8, 4) is 0 Å². The van der Waals surface area contributed by atoms with Gasteiger partial charge in [0.05, 0.1) is 5.75 Å². The van der Waals surface area contributed by atoms with Crippen LogP contribution in [0.4, 0.5) is 0 Å². The van der Waals surface area contributed by atoms with Crippen molar-refractivity contribution in [1.82, 2.24) is 14.6 Å². The van der Waals surface area contributed by atoms with E-state index in [1.165, 1.54) is 33.4 Å². The van der Waals surface area contributed by atoms with Crippen LogP contribution in [0.3, 0.4) is 0 Å². The van der Waals surface area contributed by atoms with Crippen LogP contribution in [-0.2, 0) is 10.0 Å². The van der Waals surface area contributed by atoms with Gasteiger partial charge >= 0.3 is 0 Å². The van der Waals surface area contributed by atoms with Crippen molar-refractivity contribution in [3.63, 3.8) is 0 Å². The quantitative estimate of drug-likeness (QED) is 0.832. The zero-order valence-corrected chi connectivity index (χ0v) is 16.0. The number of rotatable bonds is 6. The van der Waals surface area contributed by atoms with E-state index >= 15 is 0 Å². The van der Waals surface area contributed by atoms with Gasteiger partial charge in [-0.15, -0.1) is 0 Å². The van der Waals surface area contributed by atoms with Crippen LogP contribution in [0.5, 0.6) is 0 Å². The summed E-state index contributed by atoms with van der Waals surface area (Å²) >= 11 is 0. The topological polar surface area (TPSA) is 92.5 Å². The molecule has 1 amide bonds. The molecule has 0 saturated heterocycles. The van der Waals surface area contributed by atoms with Crippen molar-refractivity contribution < 1.29 is 17.6 Å². The number of nitrogens with one attached hydrogen (secondary N) is 1. The third-order valence-electron chi connectivity index (χ3n) is 4.82. The highest BCUT2D eigenvalue weighted by Gasteiger charge is 2.21. The minimum absolute atomic E-state index is 0.0567. The molecule has 0 aliphatic heterocycles. The number of carbonyl (C=O) groups is 1. The van der Waals surface area contributed by atoms with E-state index < -0.39 is 10.0 Å². The molecule has 0 unspecified atom stereocenters. The molecule has 1 N–H and O–H groups in total. The molecule has 8 heteroatoms. The van der Waals surface area contributed by atoms with Gasteiger partial charge in [0.1, 0.15) is 5.52 Å². The molecule has 3 rings (SSSR count). The van der Waals surface area contributed by atoms with Crippen LogP contribution in [0.1, 0.15) is 54.3 Å². The molecule has 1 aromatic heterocycles. The Morgan fingerprint density at radius 2 is 2.00 bits per heavy atom. The Kier molecular flexibility index (Phi) is 5.62. The molecule has 1 heterocycles. The molecule has 142 valence electrons. The van der Waals surface area contributed by atoms with Gasteiger partial charge in [-0.3, -0.25) is 4.79 Å². The highest BCUT2D eigenvalue weighted by atomic mass is 32.2. The van der Waals surface area contributed by atoms with Crippen LogP contribution < -0.4 is 5.32 Å². The molecule has 1 saturated carbocycles. The number of aromatic nitrogens is 1. The summed E-state index contributed by atoms with van der Waals surface area (Å²) in [6, 6.07) is 5.13. The Hall–Kier alpha value is -1.93. The molecular weight excluding hydrogens is 354 g/mol. The van der Waals surface area contributed by atoms with E-state index in [-0.39, 0.29) is 18.2 Å². The lowest BCUT2D eigenvalue weighted by Crippen LogP contribution is -2.33. The molecule has 7 nitrogen and oxygen atoms in total. The SMILES string of the molecule is CN(C)S(=O)(=O)CCNC(=O)c1ccc2nc(C3CCCCC3)oc2c1. The molecule has 1 aromatic carbocycles. The highest BCUT2D eigenvalue weighted by molar-refractivity contribution is 7.89. The minimum Gasteiger partial charge on any atom is -0.440 e. The Morgan fingerprint density at radius 3 is 2.69 bits per heavy atom. The molecule has 0 spiro atoms. The van der Waals surface area contributed by atoms with Gasteiger partial charge in [-0.1, -0.05) is 19.3 Å². The molecular formula is C18H25N3O4S. The predicted molar refractivity (Wildman–Crippen MR) is 99.6 cm³/mol. The maximum atomic E-state index is 12.3. The van der Waals surface area contributed by atoms with E-state index in [1.807, 2.05) is 0 Å². The summed E-state index contributed by atoms with van der Waals surface area (Å²) in [5.74, 6) is 0.665. The van der Waals surface area contributed by atoms with Crippen molar-refractivity contribution in [1.29, 1.82) is 0 Å². The predicted octanol–water partition coefficient (Wildman–Crippen LogP) is 2.50. The molecule has 1 aliphatic carbocycles. The van der Waals surface area contributed by atoms with Gasteiger partial charge in [-0.2, -0.15) is 0 Å². The zero-order valence-electron chi connectivity index (χ0n) is 15.2. The summed E-state index contributed by atoms with van der Waals surface area (Å²) in [6.07, 6.45) is 5.87. The summed E-state index contributed by atoms with van der Waals surface area (Å²) in [7, 11) is -0.388. The van der Waals surface area contributed by atoms with E-state index in [9.17, 15) is 13.2 Å². The van der Waals surface area contributed by atoms with Crippen LogP contribution >= 0.6 is 0 Å². The first-order chi connectivity index (χ1) is 12.4. The van der Waals surface area contributed by atoms with Crippen LogP contribution in [0, 0.1) is 0 Å². The second-order valence-electron chi connectivity index (χ2n) is 6.92. The fourth-order valence-corrected chi connectivity index (χ4v) is 3.91. The second-order valence-corrected chi connectivity index (χ2v) is 9.23. The van der Waals surface area contributed by atoms with Crippen LogP contribution in [-0.4, -0.2) is 50.0 Å². The lowest BCUT2D eigenvalue weighted by atomic mass is 9.89. The fourth-order valence-electron chi connectivity index (χ4n) is 3.19.